The molecule has 0 amide bonds. The van der Waals surface area contributed by atoms with E-state index in [-0.39, 0.29) is 0 Å². The van der Waals surface area contributed by atoms with Crippen LogP contribution in [0.5, 0.6) is 5.75 Å². The zero-order valence-electron chi connectivity index (χ0n) is 16.2. The summed E-state index contributed by atoms with van der Waals surface area (Å²) in [6, 6.07) is 10.6. The average molecular weight is 358 g/mol. The summed E-state index contributed by atoms with van der Waals surface area (Å²) in [5, 5.41) is 0. The van der Waals surface area contributed by atoms with Crippen molar-refractivity contribution in [3.8, 4) is 5.75 Å². The number of unbranched alkanes of at least 4 members (excludes halogenated alkanes) is 3. The number of imidazole rings is 1. The van der Waals surface area contributed by atoms with Crippen molar-refractivity contribution in [2.24, 2.45) is 0 Å². The molecule has 1 aromatic carbocycles. The summed E-state index contributed by atoms with van der Waals surface area (Å²) < 4.78 is 8.04. The fourth-order valence-corrected chi connectivity index (χ4v) is 3.57. The minimum atomic E-state index is 0.651. The molecule has 0 fully saturated rings. The lowest BCUT2D eigenvalue weighted by Crippen LogP contribution is -2.04. The highest BCUT2D eigenvalue weighted by Crippen LogP contribution is 2.36. The molecular formula is C24H26N2O. The van der Waals surface area contributed by atoms with Gasteiger partial charge in [-0.1, -0.05) is 38.8 Å². The van der Waals surface area contributed by atoms with Crippen LogP contribution in [-0.2, 0) is 6.42 Å². The van der Waals surface area contributed by atoms with Crippen molar-refractivity contribution < 1.29 is 4.74 Å². The van der Waals surface area contributed by atoms with E-state index < -0.39 is 0 Å². The maximum atomic E-state index is 6.00. The van der Waals surface area contributed by atoms with Crippen LogP contribution in [0.3, 0.4) is 0 Å². The van der Waals surface area contributed by atoms with Gasteiger partial charge < -0.3 is 9.14 Å². The fraction of sp³-hybridized carbons (Fsp3) is 0.292. The van der Waals surface area contributed by atoms with Crippen molar-refractivity contribution in [3.05, 3.63) is 77.4 Å². The highest BCUT2D eigenvalue weighted by Gasteiger charge is 2.19. The molecular weight excluding hydrogens is 332 g/mol. The van der Waals surface area contributed by atoms with Crippen molar-refractivity contribution in [3.63, 3.8) is 0 Å². The second-order valence-electron chi connectivity index (χ2n) is 7.36. The Balaban J connectivity index is 1.64. The summed E-state index contributed by atoms with van der Waals surface area (Å²) in [4.78, 5) is 4.77. The molecule has 3 nitrogen and oxygen atoms in total. The van der Waals surface area contributed by atoms with Gasteiger partial charge in [0.15, 0.2) is 0 Å². The Labute approximate surface area is 161 Å². The van der Waals surface area contributed by atoms with Gasteiger partial charge in [-0.15, -0.1) is 0 Å². The van der Waals surface area contributed by atoms with E-state index in [9.17, 15) is 0 Å². The molecule has 0 radical (unpaired) electrons. The average Bonchev–Trinajstić information content (AvgIpc) is 3.07. The first-order valence-corrected chi connectivity index (χ1v) is 9.81. The van der Waals surface area contributed by atoms with E-state index in [0.717, 1.165) is 34.6 Å². The van der Waals surface area contributed by atoms with E-state index >= 15 is 0 Å². The SMILES string of the molecule is C=C1Oc2ccc(CCCCCC)cc2C=C1c1cn2ccc(C)cc2n1. The number of hydrogen-bond donors (Lipinski definition) is 0. The lowest BCUT2D eigenvalue weighted by atomic mass is 9.99. The number of fused-ring (bicyclic) bond motifs is 2. The van der Waals surface area contributed by atoms with E-state index in [1.807, 2.05) is 16.8 Å². The zero-order valence-corrected chi connectivity index (χ0v) is 16.2. The Morgan fingerprint density at radius 3 is 2.85 bits per heavy atom. The summed E-state index contributed by atoms with van der Waals surface area (Å²) in [5.41, 5.74) is 6.46. The molecule has 0 spiro atoms. The van der Waals surface area contributed by atoms with Crippen molar-refractivity contribution in [2.75, 3.05) is 0 Å². The number of benzene rings is 1. The molecule has 0 bridgehead atoms. The Bertz CT molecular complexity index is 1030. The summed E-state index contributed by atoms with van der Waals surface area (Å²) in [6.07, 6.45) is 12.5. The largest absolute Gasteiger partial charge is 0.457 e. The third-order valence-corrected chi connectivity index (χ3v) is 5.12. The predicted octanol–water partition coefficient (Wildman–Crippen LogP) is 6.21. The van der Waals surface area contributed by atoms with Crippen LogP contribution in [0.25, 0.3) is 17.3 Å². The van der Waals surface area contributed by atoms with Gasteiger partial charge in [0.1, 0.15) is 17.2 Å². The molecule has 3 aromatic rings. The maximum Gasteiger partial charge on any atom is 0.137 e. The first kappa shape index (κ1) is 17.6. The van der Waals surface area contributed by atoms with Gasteiger partial charge in [-0.3, -0.25) is 0 Å². The number of rotatable bonds is 6. The van der Waals surface area contributed by atoms with Crippen molar-refractivity contribution in [1.82, 2.24) is 9.38 Å². The first-order chi connectivity index (χ1) is 13.1. The second kappa shape index (κ2) is 7.43. The van der Waals surface area contributed by atoms with Gasteiger partial charge in [0.25, 0.3) is 0 Å². The summed E-state index contributed by atoms with van der Waals surface area (Å²) >= 11 is 0. The van der Waals surface area contributed by atoms with Crippen LogP contribution in [0.15, 0.2) is 55.1 Å². The molecule has 3 heterocycles. The number of nitrogens with zero attached hydrogens (tertiary/aromatic N) is 2. The van der Waals surface area contributed by atoms with Gasteiger partial charge in [-0.2, -0.15) is 0 Å². The molecule has 0 unspecified atom stereocenters. The zero-order chi connectivity index (χ0) is 18.8. The van der Waals surface area contributed by atoms with Gasteiger partial charge in [0.2, 0.25) is 0 Å². The van der Waals surface area contributed by atoms with Gasteiger partial charge in [0.05, 0.1) is 5.69 Å². The smallest absolute Gasteiger partial charge is 0.137 e. The molecule has 0 saturated carbocycles. The van der Waals surface area contributed by atoms with E-state index in [2.05, 4.69) is 56.8 Å². The third kappa shape index (κ3) is 3.68. The number of allylic oxidation sites excluding steroid dienone is 1. The van der Waals surface area contributed by atoms with Crippen LogP contribution in [0.1, 0.15) is 55.0 Å². The van der Waals surface area contributed by atoms with Crippen LogP contribution in [-0.4, -0.2) is 9.38 Å². The van der Waals surface area contributed by atoms with Crippen LogP contribution < -0.4 is 4.74 Å². The van der Waals surface area contributed by atoms with Gasteiger partial charge in [-0.05, 0) is 61.2 Å². The molecule has 0 atom stereocenters. The van der Waals surface area contributed by atoms with Crippen LogP contribution >= 0.6 is 0 Å². The van der Waals surface area contributed by atoms with Crippen molar-refractivity contribution in [2.45, 2.75) is 46.0 Å². The molecule has 2 aromatic heterocycles. The second-order valence-corrected chi connectivity index (χ2v) is 7.36. The molecule has 27 heavy (non-hydrogen) atoms. The Kier molecular flexibility index (Phi) is 4.85. The van der Waals surface area contributed by atoms with E-state index in [1.54, 1.807) is 0 Å². The van der Waals surface area contributed by atoms with E-state index in [4.69, 9.17) is 9.72 Å². The summed E-state index contributed by atoms with van der Waals surface area (Å²) in [7, 11) is 0. The fourth-order valence-electron chi connectivity index (χ4n) is 3.57. The topological polar surface area (TPSA) is 26.5 Å². The Morgan fingerprint density at radius 1 is 1.11 bits per heavy atom. The van der Waals surface area contributed by atoms with Gasteiger partial charge in [0, 0.05) is 23.5 Å². The molecule has 0 aliphatic carbocycles. The number of hydrogen-bond acceptors (Lipinski definition) is 2. The predicted molar refractivity (Wildman–Crippen MR) is 112 cm³/mol. The monoisotopic (exact) mass is 358 g/mol. The number of aryl methyl sites for hydroxylation is 2. The van der Waals surface area contributed by atoms with E-state index in [1.165, 1.54) is 36.8 Å². The highest BCUT2D eigenvalue weighted by molar-refractivity contribution is 5.92. The lowest BCUT2D eigenvalue weighted by molar-refractivity contribution is 0.447. The lowest BCUT2D eigenvalue weighted by Gasteiger charge is -2.19. The van der Waals surface area contributed by atoms with Crippen LogP contribution in [0, 0.1) is 6.92 Å². The molecule has 4 rings (SSSR count). The number of pyridine rings is 1. The molecule has 0 N–H and O–H groups in total. The molecule has 1 aliphatic rings. The number of ether oxygens (including phenoxy) is 1. The molecule has 1 aliphatic heterocycles. The Hall–Kier alpha value is -2.81. The van der Waals surface area contributed by atoms with Crippen molar-refractivity contribution >= 4 is 17.3 Å². The van der Waals surface area contributed by atoms with Crippen molar-refractivity contribution in [1.29, 1.82) is 0 Å². The standard InChI is InChI=1S/C24H26N2O/c1-4-5-6-7-8-19-9-10-23-20(14-19)15-21(18(3)27-23)22-16-26-12-11-17(2)13-24(26)25-22/h9-16H,3-8H2,1-2H3. The van der Waals surface area contributed by atoms with Gasteiger partial charge in [-0.25, -0.2) is 4.98 Å². The van der Waals surface area contributed by atoms with Crippen LogP contribution in [0.2, 0.25) is 0 Å². The van der Waals surface area contributed by atoms with Crippen LogP contribution in [0.4, 0.5) is 0 Å². The summed E-state index contributed by atoms with van der Waals surface area (Å²) in [6.45, 7) is 8.44. The van der Waals surface area contributed by atoms with Gasteiger partial charge >= 0.3 is 0 Å². The summed E-state index contributed by atoms with van der Waals surface area (Å²) in [5.74, 6) is 1.53. The number of aromatic nitrogens is 2. The quantitative estimate of drug-likeness (QED) is 0.490. The first-order valence-electron chi connectivity index (χ1n) is 9.81. The third-order valence-electron chi connectivity index (χ3n) is 5.12. The van der Waals surface area contributed by atoms with E-state index in [0.29, 0.717) is 5.76 Å². The molecule has 0 saturated heterocycles. The minimum absolute atomic E-state index is 0.651. The normalized spacial score (nSPS) is 13.4. The highest BCUT2D eigenvalue weighted by atomic mass is 16.5. The maximum absolute atomic E-state index is 6.00. The minimum Gasteiger partial charge on any atom is -0.457 e. The molecule has 138 valence electrons. The molecule has 3 heteroatoms. The Morgan fingerprint density at radius 2 is 2.00 bits per heavy atom.